The lowest BCUT2D eigenvalue weighted by molar-refractivity contribution is 0.337. The van der Waals surface area contributed by atoms with Crippen molar-refractivity contribution in [2.75, 3.05) is 6.61 Å². The topological polar surface area (TPSA) is 9.23 Å². The van der Waals surface area contributed by atoms with Crippen molar-refractivity contribution in [1.82, 2.24) is 0 Å². The molecule has 15 heavy (non-hydrogen) atoms. The van der Waals surface area contributed by atoms with E-state index in [1.165, 1.54) is 37.4 Å². The summed E-state index contributed by atoms with van der Waals surface area (Å²) in [7, 11) is -1.44. The Labute approximate surface area is 101 Å². The molecule has 90 valence electrons. The average Bonchev–Trinajstić information content (AvgIpc) is 2.19. The van der Waals surface area contributed by atoms with E-state index in [-0.39, 0.29) is 0 Å². The Balaban J connectivity index is 4.30. The Hall–Kier alpha value is 0.207. The van der Waals surface area contributed by atoms with E-state index >= 15 is 0 Å². The molecular formula is C12H25ClOSi. The fourth-order valence-electron chi connectivity index (χ4n) is 2.22. The molecule has 0 N–H and O–H groups in total. The maximum absolute atomic E-state index is 6.16. The van der Waals surface area contributed by atoms with Gasteiger partial charge in [-0.1, -0.05) is 51.6 Å². The smallest absolute Gasteiger partial charge is 0.193 e. The molecule has 0 bridgehead atoms. The van der Waals surface area contributed by atoms with E-state index in [0.717, 1.165) is 0 Å². The zero-order valence-corrected chi connectivity index (χ0v) is 12.1. The van der Waals surface area contributed by atoms with Crippen LogP contribution in [0.5, 0.6) is 0 Å². The number of hydrogen-bond acceptors (Lipinski definition) is 1. The molecule has 0 amide bonds. The largest absolute Gasteiger partial charge is 0.413 e. The van der Waals surface area contributed by atoms with Crippen molar-refractivity contribution >= 4 is 19.9 Å². The summed E-state index contributed by atoms with van der Waals surface area (Å²) in [4.78, 5) is 0. The molecular weight excluding hydrogens is 224 g/mol. The van der Waals surface area contributed by atoms with E-state index in [4.69, 9.17) is 16.0 Å². The van der Waals surface area contributed by atoms with Crippen LogP contribution in [0, 0.1) is 0 Å². The first-order valence-corrected chi connectivity index (χ1v) is 9.10. The molecule has 0 aliphatic rings. The minimum absolute atomic E-state index is 0.704. The second-order valence-electron chi connectivity index (χ2n) is 4.11. The van der Waals surface area contributed by atoms with E-state index in [1.807, 2.05) is 6.08 Å². The zero-order valence-electron chi connectivity index (χ0n) is 10.4. The van der Waals surface area contributed by atoms with Crippen LogP contribution in [0.25, 0.3) is 0 Å². The summed E-state index contributed by atoms with van der Waals surface area (Å²) in [5.74, 6) is 0. The molecule has 0 aromatic heterocycles. The third-order valence-corrected chi connectivity index (χ3v) is 7.88. The Kier molecular flexibility index (Phi) is 9.56. The molecule has 0 radical (unpaired) electrons. The number of halogens is 1. The zero-order chi connectivity index (χ0) is 11.6. The van der Waals surface area contributed by atoms with Gasteiger partial charge >= 0.3 is 0 Å². The van der Waals surface area contributed by atoms with Crippen molar-refractivity contribution in [1.29, 1.82) is 0 Å². The average molecular weight is 249 g/mol. The summed E-state index contributed by atoms with van der Waals surface area (Å²) in [6.07, 6.45) is 5.65. The van der Waals surface area contributed by atoms with Gasteiger partial charge in [-0.05, 0) is 24.2 Å². The molecule has 0 aliphatic carbocycles. The van der Waals surface area contributed by atoms with Gasteiger partial charge in [0, 0.05) is 5.54 Å². The fraction of sp³-hybridized carbons (Fsp3) is 0.833. The van der Waals surface area contributed by atoms with E-state index in [1.54, 1.807) is 5.54 Å². The predicted octanol–water partition coefficient (Wildman–Crippen LogP) is 4.93. The van der Waals surface area contributed by atoms with Crippen molar-refractivity contribution < 1.29 is 4.43 Å². The first kappa shape index (κ1) is 15.2. The molecule has 0 saturated heterocycles. The highest BCUT2D eigenvalue weighted by Gasteiger charge is 2.31. The normalized spacial score (nSPS) is 12.5. The quantitative estimate of drug-likeness (QED) is 0.526. The molecule has 0 heterocycles. The Morgan fingerprint density at radius 2 is 1.47 bits per heavy atom. The van der Waals surface area contributed by atoms with Gasteiger partial charge < -0.3 is 4.43 Å². The van der Waals surface area contributed by atoms with E-state index in [0.29, 0.717) is 6.61 Å². The summed E-state index contributed by atoms with van der Waals surface area (Å²) in [5, 5.41) is 0. The molecule has 0 aromatic rings. The lowest BCUT2D eigenvalue weighted by Gasteiger charge is -2.30. The van der Waals surface area contributed by atoms with Crippen LogP contribution in [0.1, 0.15) is 40.0 Å². The Morgan fingerprint density at radius 1 is 1.00 bits per heavy atom. The fourth-order valence-corrected chi connectivity index (χ4v) is 6.66. The van der Waals surface area contributed by atoms with E-state index < -0.39 is 8.32 Å². The Bertz CT molecular complexity index is 154. The van der Waals surface area contributed by atoms with E-state index in [2.05, 4.69) is 20.8 Å². The highest BCUT2D eigenvalue weighted by Crippen LogP contribution is 2.27. The van der Waals surface area contributed by atoms with Crippen LogP contribution in [-0.4, -0.2) is 14.9 Å². The van der Waals surface area contributed by atoms with Gasteiger partial charge in [0.25, 0.3) is 0 Å². The first-order valence-electron chi connectivity index (χ1n) is 6.13. The van der Waals surface area contributed by atoms with Crippen LogP contribution in [-0.2, 0) is 4.43 Å². The molecule has 0 rings (SSSR count). The standard InChI is InChI=1S/C12H25ClOSi/c1-4-10-15(11-5-2,12-6-3)14-9-7-8-13/h7-8H,4-6,9-12H2,1-3H3/b8-7+. The molecule has 0 aliphatic heterocycles. The van der Waals surface area contributed by atoms with Gasteiger partial charge in [0.1, 0.15) is 0 Å². The van der Waals surface area contributed by atoms with Crippen LogP contribution in [0.3, 0.4) is 0 Å². The van der Waals surface area contributed by atoms with Gasteiger partial charge in [0.2, 0.25) is 0 Å². The van der Waals surface area contributed by atoms with Gasteiger partial charge in [-0.15, -0.1) is 0 Å². The molecule has 0 atom stereocenters. The maximum atomic E-state index is 6.16. The van der Waals surface area contributed by atoms with Crippen LogP contribution in [0.4, 0.5) is 0 Å². The first-order chi connectivity index (χ1) is 7.24. The minimum Gasteiger partial charge on any atom is -0.413 e. The summed E-state index contributed by atoms with van der Waals surface area (Å²) in [6, 6.07) is 3.89. The van der Waals surface area contributed by atoms with Crippen molar-refractivity contribution in [3.05, 3.63) is 11.6 Å². The summed E-state index contributed by atoms with van der Waals surface area (Å²) < 4.78 is 6.16. The van der Waals surface area contributed by atoms with Gasteiger partial charge in [0.05, 0.1) is 6.61 Å². The monoisotopic (exact) mass is 248 g/mol. The van der Waals surface area contributed by atoms with Crippen LogP contribution >= 0.6 is 11.6 Å². The Morgan fingerprint density at radius 3 is 1.80 bits per heavy atom. The van der Waals surface area contributed by atoms with Crippen molar-refractivity contribution in [2.45, 2.75) is 58.2 Å². The molecule has 0 spiro atoms. The molecule has 3 heteroatoms. The van der Waals surface area contributed by atoms with Crippen LogP contribution in [0.15, 0.2) is 11.6 Å². The molecule has 0 saturated carbocycles. The van der Waals surface area contributed by atoms with Gasteiger partial charge in [0.15, 0.2) is 8.32 Å². The van der Waals surface area contributed by atoms with E-state index in [9.17, 15) is 0 Å². The third kappa shape index (κ3) is 6.39. The number of rotatable bonds is 9. The summed E-state index contributed by atoms with van der Waals surface area (Å²) in [5.41, 5.74) is 1.56. The minimum atomic E-state index is -1.44. The second-order valence-corrected chi connectivity index (χ2v) is 8.51. The molecule has 0 unspecified atom stereocenters. The van der Waals surface area contributed by atoms with Gasteiger partial charge in [-0.25, -0.2) is 0 Å². The highest BCUT2D eigenvalue weighted by atomic mass is 35.5. The second kappa shape index (κ2) is 9.43. The predicted molar refractivity (Wildman–Crippen MR) is 72.0 cm³/mol. The summed E-state index contributed by atoms with van der Waals surface area (Å²) in [6.45, 7) is 7.48. The van der Waals surface area contributed by atoms with Crippen LogP contribution in [0.2, 0.25) is 18.1 Å². The lowest BCUT2D eigenvalue weighted by atomic mass is 10.6. The van der Waals surface area contributed by atoms with Crippen LogP contribution < -0.4 is 0 Å². The lowest BCUT2D eigenvalue weighted by Crippen LogP contribution is -2.37. The third-order valence-electron chi connectivity index (χ3n) is 2.69. The molecule has 1 nitrogen and oxygen atoms in total. The SMILES string of the molecule is CCC[Si](CCC)(CCC)OC/C=C/Cl. The number of hydrogen-bond donors (Lipinski definition) is 0. The summed E-state index contributed by atoms with van der Waals surface area (Å²) >= 11 is 5.52. The maximum Gasteiger partial charge on any atom is 0.193 e. The molecule has 0 aromatic carbocycles. The van der Waals surface area contributed by atoms with Crippen molar-refractivity contribution in [3.8, 4) is 0 Å². The van der Waals surface area contributed by atoms with Gasteiger partial charge in [-0.2, -0.15) is 0 Å². The van der Waals surface area contributed by atoms with Crippen molar-refractivity contribution in [3.63, 3.8) is 0 Å². The highest BCUT2D eigenvalue weighted by molar-refractivity contribution is 6.73. The van der Waals surface area contributed by atoms with Crippen molar-refractivity contribution in [2.24, 2.45) is 0 Å². The van der Waals surface area contributed by atoms with Gasteiger partial charge in [-0.3, -0.25) is 0 Å². The molecule has 0 fully saturated rings.